The zero-order valence-corrected chi connectivity index (χ0v) is 19.3. The molecule has 170 valence electrons. The third-order valence-corrected chi connectivity index (χ3v) is 6.51. The molecule has 6 heteroatoms. The van der Waals surface area contributed by atoms with Crippen molar-refractivity contribution in [1.29, 1.82) is 0 Å². The fourth-order valence-electron chi connectivity index (χ4n) is 4.71. The number of carbonyl (C=O) groups excluding carboxylic acids is 2. The van der Waals surface area contributed by atoms with Crippen molar-refractivity contribution in [2.24, 2.45) is 0 Å². The van der Waals surface area contributed by atoms with Gasteiger partial charge in [-0.3, -0.25) is 9.59 Å². The van der Waals surface area contributed by atoms with Crippen molar-refractivity contribution in [2.75, 3.05) is 51.1 Å². The van der Waals surface area contributed by atoms with Gasteiger partial charge < -0.3 is 20.0 Å². The summed E-state index contributed by atoms with van der Waals surface area (Å²) >= 11 is 0. The van der Waals surface area contributed by atoms with Crippen molar-refractivity contribution in [2.45, 2.75) is 52.4 Å². The SMILES string of the molecule is CCCN(C(=O)C[NH+]1CC[NH+](CC(=O)Nc2ccccc2CC)CC1)C1=CCCCC1. The first-order valence-electron chi connectivity index (χ1n) is 12.1. The number of piperazine rings is 1. The molecule has 0 bridgehead atoms. The molecule has 0 unspecified atom stereocenters. The Kier molecular flexibility index (Phi) is 9.10. The Bertz CT molecular complexity index is 769. The van der Waals surface area contributed by atoms with Gasteiger partial charge in [0.15, 0.2) is 13.1 Å². The summed E-state index contributed by atoms with van der Waals surface area (Å²) in [4.78, 5) is 30.3. The Hall–Kier alpha value is -2.18. The van der Waals surface area contributed by atoms with E-state index in [-0.39, 0.29) is 11.8 Å². The third-order valence-electron chi connectivity index (χ3n) is 6.51. The van der Waals surface area contributed by atoms with Crippen molar-refractivity contribution < 1.29 is 19.4 Å². The smallest absolute Gasteiger partial charge is 0.281 e. The Morgan fingerprint density at radius 1 is 1.00 bits per heavy atom. The topological polar surface area (TPSA) is 58.3 Å². The molecule has 3 N–H and O–H groups in total. The van der Waals surface area contributed by atoms with E-state index >= 15 is 0 Å². The monoisotopic (exact) mass is 428 g/mol. The number of rotatable bonds is 9. The number of allylic oxidation sites excluding steroid dienone is 2. The first-order valence-corrected chi connectivity index (χ1v) is 12.1. The Balaban J connectivity index is 1.45. The van der Waals surface area contributed by atoms with Crippen LogP contribution in [0, 0.1) is 0 Å². The number of quaternary nitrogens is 2. The van der Waals surface area contributed by atoms with E-state index in [4.69, 9.17) is 0 Å². The standard InChI is InChI=1S/C25H38N4O2/c1-3-14-29(22-11-6-5-7-12-22)25(31)20-28-17-15-27(16-18-28)19-24(30)26-23-13-9-8-10-21(23)4-2/h8-11,13H,3-7,12,14-20H2,1-2H3,(H,26,30)/p+2. The molecule has 1 aliphatic heterocycles. The molecular weight excluding hydrogens is 388 g/mol. The number of carbonyl (C=O) groups is 2. The predicted octanol–water partition coefficient (Wildman–Crippen LogP) is 0.667. The van der Waals surface area contributed by atoms with Crippen LogP contribution < -0.4 is 15.1 Å². The molecule has 2 aliphatic rings. The van der Waals surface area contributed by atoms with Crippen molar-refractivity contribution >= 4 is 17.5 Å². The van der Waals surface area contributed by atoms with Gasteiger partial charge in [0.2, 0.25) is 0 Å². The highest BCUT2D eigenvalue weighted by Crippen LogP contribution is 2.21. The van der Waals surface area contributed by atoms with Gasteiger partial charge in [-0.05, 0) is 50.2 Å². The van der Waals surface area contributed by atoms with E-state index in [1.165, 1.54) is 33.9 Å². The summed E-state index contributed by atoms with van der Waals surface area (Å²) in [5.74, 6) is 0.344. The first kappa shape index (κ1) is 23.5. The van der Waals surface area contributed by atoms with Gasteiger partial charge in [-0.1, -0.05) is 38.1 Å². The summed E-state index contributed by atoms with van der Waals surface area (Å²) in [6.07, 6.45) is 8.74. The lowest BCUT2D eigenvalue weighted by Crippen LogP contribution is -3.28. The number of aryl methyl sites for hydroxylation is 1. The Morgan fingerprint density at radius 3 is 2.35 bits per heavy atom. The average Bonchev–Trinajstić information content (AvgIpc) is 2.79. The lowest BCUT2D eigenvalue weighted by atomic mass is 10.0. The van der Waals surface area contributed by atoms with Crippen LogP contribution in [0.15, 0.2) is 36.0 Å². The van der Waals surface area contributed by atoms with Crippen LogP contribution in [0.5, 0.6) is 0 Å². The number of nitrogens with one attached hydrogen (secondary N) is 3. The van der Waals surface area contributed by atoms with E-state index in [2.05, 4.69) is 31.3 Å². The molecule has 2 amide bonds. The summed E-state index contributed by atoms with van der Waals surface area (Å²) in [5.41, 5.74) is 3.34. The summed E-state index contributed by atoms with van der Waals surface area (Å²) < 4.78 is 0. The minimum absolute atomic E-state index is 0.0776. The Morgan fingerprint density at radius 2 is 1.71 bits per heavy atom. The van der Waals surface area contributed by atoms with Gasteiger partial charge in [-0.15, -0.1) is 0 Å². The van der Waals surface area contributed by atoms with Crippen molar-refractivity contribution in [3.63, 3.8) is 0 Å². The van der Waals surface area contributed by atoms with Gasteiger partial charge in [-0.2, -0.15) is 0 Å². The van der Waals surface area contributed by atoms with Crippen molar-refractivity contribution in [3.05, 3.63) is 41.6 Å². The van der Waals surface area contributed by atoms with Crippen LogP contribution in [0.4, 0.5) is 5.69 Å². The molecule has 1 fully saturated rings. The molecule has 0 atom stereocenters. The molecule has 0 saturated carbocycles. The van der Waals surface area contributed by atoms with Gasteiger partial charge in [0.25, 0.3) is 11.8 Å². The predicted molar refractivity (Wildman–Crippen MR) is 124 cm³/mol. The van der Waals surface area contributed by atoms with Crippen molar-refractivity contribution in [1.82, 2.24) is 4.90 Å². The highest BCUT2D eigenvalue weighted by molar-refractivity contribution is 5.92. The number of hydrogen-bond acceptors (Lipinski definition) is 2. The Labute approximate surface area is 187 Å². The maximum Gasteiger partial charge on any atom is 0.281 e. The van der Waals surface area contributed by atoms with Crippen LogP contribution in [0.2, 0.25) is 0 Å². The number of benzene rings is 1. The molecule has 0 spiro atoms. The second-order valence-electron chi connectivity index (χ2n) is 8.90. The zero-order chi connectivity index (χ0) is 22.1. The van der Waals surface area contributed by atoms with E-state index in [1.807, 2.05) is 23.1 Å². The van der Waals surface area contributed by atoms with Gasteiger partial charge in [0.05, 0.1) is 0 Å². The maximum absolute atomic E-state index is 13.0. The molecule has 0 aromatic heterocycles. The molecule has 1 saturated heterocycles. The van der Waals surface area contributed by atoms with Crippen molar-refractivity contribution in [3.8, 4) is 0 Å². The third kappa shape index (κ3) is 6.91. The van der Waals surface area contributed by atoms with Crippen LogP contribution >= 0.6 is 0 Å². The normalized spacial score (nSPS) is 21.3. The first-order chi connectivity index (χ1) is 15.1. The van der Waals surface area contributed by atoms with Gasteiger partial charge >= 0.3 is 0 Å². The number of amides is 2. The second kappa shape index (κ2) is 12.0. The summed E-state index contributed by atoms with van der Waals surface area (Å²) in [6, 6.07) is 8.01. The van der Waals surface area contributed by atoms with Crippen LogP contribution in [-0.4, -0.2) is 62.5 Å². The molecule has 3 rings (SSSR count). The minimum atomic E-state index is 0.0776. The fraction of sp³-hybridized carbons (Fsp3) is 0.600. The van der Waals surface area contributed by atoms with Gasteiger partial charge in [0, 0.05) is 17.9 Å². The van der Waals surface area contributed by atoms with Crippen LogP contribution in [0.25, 0.3) is 0 Å². The number of anilines is 1. The van der Waals surface area contributed by atoms with E-state index in [0.717, 1.165) is 64.1 Å². The number of hydrogen-bond donors (Lipinski definition) is 3. The van der Waals surface area contributed by atoms with Gasteiger partial charge in [-0.25, -0.2) is 0 Å². The largest absolute Gasteiger partial charge is 0.321 e. The van der Waals surface area contributed by atoms with E-state index in [1.54, 1.807) is 0 Å². The molecule has 1 aromatic rings. The quantitative estimate of drug-likeness (QED) is 0.542. The van der Waals surface area contributed by atoms with Crippen LogP contribution in [0.3, 0.4) is 0 Å². The molecule has 1 aromatic carbocycles. The molecular formula is C25H40N4O2+2. The highest BCUT2D eigenvalue weighted by atomic mass is 16.2. The van der Waals surface area contributed by atoms with E-state index in [9.17, 15) is 9.59 Å². The van der Waals surface area contributed by atoms with Gasteiger partial charge in [0.1, 0.15) is 26.2 Å². The molecule has 0 radical (unpaired) electrons. The second-order valence-corrected chi connectivity index (χ2v) is 8.90. The number of para-hydroxylation sites is 1. The fourth-order valence-corrected chi connectivity index (χ4v) is 4.71. The summed E-state index contributed by atoms with van der Waals surface area (Å²) in [7, 11) is 0. The zero-order valence-electron chi connectivity index (χ0n) is 19.3. The lowest BCUT2D eigenvalue weighted by Gasteiger charge is -2.32. The molecule has 31 heavy (non-hydrogen) atoms. The maximum atomic E-state index is 13.0. The van der Waals surface area contributed by atoms with E-state index < -0.39 is 0 Å². The molecule has 1 aliphatic carbocycles. The van der Waals surface area contributed by atoms with Crippen LogP contribution in [0.1, 0.15) is 51.5 Å². The minimum Gasteiger partial charge on any atom is -0.321 e. The van der Waals surface area contributed by atoms with Crippen LogP contribution in [-0.2, 0) is 16.0 Å². The molecule has 1 heterocycles. The number of nitrogens with zero attached hydrogens (tertiary/aromatic N) is 1. The summed E-state index contributed by atoms with van der Waals surface area (Å²) in [5, 5.41) is 3.08. The average molecular weight is 429 g/mol. The molecule has 6 nitrogen and oxygen atoms in total. The van der Waals surface area contributed by atoms with E-state index in [0.29, 0.717) is 13.1 Å². The lowest BCUT2D eigenvalue weighted by molar-refractivity contribution is -1.00. The highest BCUT2D eigenvalue weighted by Gasteiger charge is 2.29. The summed E-state index contributed by atoms with van der Waals surface area (Å²) in [6.45, 7) is 9.89.